The van der Waals surface area contributed by atoms with Gasteiger partial charge in [-0.25, -0.2) is 8.42 Å². The van der Waals surface area contributed by atoms with E-state index in [1.165, 1.54) is 17.0 Å². The molecule has 0 aliphatic heterocycles. The van der Waals surface area contributed by atoms with Gasteiger partial charge in [-0.1, -0.05) is 102 Å². The monoisotopic (exact) mass is 667 g/mol. The molecule has 2 amide bonds. The molecule has 3 aromatic carbocycles. The third-order valence-corrected chi connectivity index (χ3v) is 8.56. The Kier molecular flexibility index (Phi) is 11.5. The largest absolute Gasteiger partial charge is 0.354 e. The van der Waals surface area contributed by atoms with Gasteiger partial charge in [-0.05, 0) is 41.3 Å². The first kappa shape index (κ1) is 31.9. The number of sulfonamides is 1. The number of rotatable bonds is 12. The van der Waals surface area contributed by atoms with Crippen molar-refractivity contribution in [2.75, 3.05) is 23.7 Å². The van der Waals surface area contributed by atoms with Crippen LogP contribution in [-0.2, 0) is 32.6 Å². The summed E-state index contributed by atoms with van der Waals surface area (Å²) in [6, 6.07) is 20.4. The number of carbonyl (C=O) groups excluding carboxylic acids is 2. The minimum absolute atomic E-state index is 0.0114. The number of amides is 2. The van der Waals surface area contributed by atoms with Gasteiger partial charge in [0.15, 0.2) is 0 Å². The van der Waals surface area contributed by atoms with Crippen LogP contribution >= 0.6 is 39.1 Å². The number of carbonyl (C=O) groups is 2. The predicted molar refractivity (Wildman–Crippen MR) is 165 cm³/mol. The number of halogens is 3. The van der Waals surface area contributed by atoms with Crippen molar-refractivity contribution >= 4 is 66.7 Å². The van der Waals surface area contributed by atoms with Crippen molar-refractivity contribution in [1.29, 1.82) is 0 Å². The summed E-state index contributed by atoms with van der Waals surface area (Å²) in [7, 11) is -3.95. The Morgan fingerprint density at radius 1 is 0.925 bits per heavy atom. The molecule has 0 spiro atoms. The van der Waals surface area contributed by atoms with Gasteiger partial charge in [-0.15, -0.1) is 0 Å². The average molecular weight is 669 g/mol. The Bertz CT molecular complexity index is 1420. The molecule has 40 heavy (non-hydrogen) atoms. The second-order valence-corrected chi connectivity index (χ2v) is 13.4. The van der Waals surface area contributed by atoms with E-state index in [0.29, 0.717) is 6.54 Å². The molecule has 11 heteroatoms. The Hall–Kier alpha value is -2.59. The fourth-order valence-corrected chi connectivity index (χ4v) is 5.61. The summed E-state index contributed by atoms with van der Waals surface area (Å²) >= 11 is 15.9. The van der Waals surface area contributed by atoms with Crippen LogP contribution in [0.3, 0.4) is 0 Å². The number of nitrogens with zero attached hydrogens (tertiary/aromatic N) is 2. The van der Waals surface area contributed by atoms with Crippen LogP contribution in [0.25, 0.3) is 0 Å². The molecule has 0 saturated heterocycles. The van der Waals surface area contributed by atoms with Gasteiger partial charge in [0.1, 0.15) is 12.6 Å². The molecule has 0 aliphatic rings. The molecular formula is C29H32BrCl2N3O4S. The molecule has 0 unspecified atom stereocenters. The van der Waals surface area contributed by atoms with Crippen LogP contribution in [-0.4, -0.2) is 50.5 Å². The molecule has 1 atom stereocenters. The number of hydrogen-bond acceptors (Lipinski definition) is 4. The van der Waals surface area contributed by atoms with Crippen LogP contribution in [0.5, 0.6) is 0 Å². The molecule has 0 fully saturated rings. The number of benzene rings is 3. The maximum absolute atomic E-state index is 14.1. The van der Waals surface area contributed by atoms with E-state index >= 15 is 0 Å². The lowest BCUT2D eigenvalue weighted by atomic mass is 10.0. The smallest absolute Gasteiger partial charge is 0.244 e. The molecule has 0 bridgehead atoms. The summed E-state index contributed by atoms with van der Waals surface area (Å²) < 4.78 is 27.6. The van der Waals surface area contributed by atoms with Crippen molar-refractivity contribution in [3.8, 4) is 0 Å². The maximum Gasteiger partial charge on any atom is 0.244 e. The predicted octanol–water partition coefficient (Wildman–Crippen LogP) is 5.93. The molecule has 1 N–H and O–H groups in total. The van der Waals surface area contributed by atoms with E-state index in [4.69, 9.17) is 23.2 Å². The van der Waals surface area contributed by atoms with E-state index in [0.717, 1.165) is 26.2 Å². The van der Waals surface area contributed by atoms with Gasteiger partial charge in [0, 0.05) is 24.0 Å². The molecule has 0 radical (unpaired) electrons. The van der Waals surface area contributed by atoms with E-state index in [1.807, 2.05) is 68.4 Å². The number of anilines is 1. The van der Waals surface area contributed by atoms with Gasteiger partial charge >= 0.3 is 0 Å². The highest BCUT2D eigenvalue weighted by Gasteiger charge is 2.33. The van der Waals surface area contributed by atoms with Crippen molar-refractivity contribution in [3.63, 3.8) is 0 Å². The van der Waals surface area contributed by atoms with Crippen LogP contribution in [0.15, 0.2) is 77.3 Å². The second-order valence-electron chi connectivity index (χ2n) is 9.84. The van der Waals surface area contributed by atoms with Gasteiger partial charge in [0.05, 0.1) is 22.0 Å². The summed E-state index contributed by atoms with van der Waals surface area (Å²) in [5.74, 6) is -0.692. The summed E-state index contributed by atoms with van der Waals surface area (Å²) in [6.07, 6.45) is 1.23. The lowest BCUT2D eigenvalue weighted by molar-refractivity contribution is -0.140. The van der Waals surface area contributed by atoms with Crippen molar-refractivity contribution in [3.05, 3.63) is 98.4 Å². The van der Waals surface area contributed by atoms with Crippen LogP contribution in [0, 0.1) is 5.92 Å². The van der Waals surface area contributed by atoms with Crippen molar-refractivity contribution in [1.82, 2.24) is 10.2 Å². The zero-order valence-corrected chi connectivity index (χ0v) is 26.4. The second kappa shape index (κ2) is 14.3. The van der Waals surface area contributed by atoms with Crippen molar-refractivity contribution < 1.29 is 18.0 Å². The standard InChI is InChI=1S/C29H32BrCl2N3O4S/c1-20(2)17-33-29(37)26(16-21-8-5-4-6-9-21)34(18-22-12-14-23(30)15-13-22)27(36)19-35(40(3,38)39)25-11-7-10-24(31)28(25)32/h4-15,20,26H,16-19H2,1-3H3,(H,33,37)/t26-/m1/s1. The highest BCUT2D eigenvalue weighted by atomic mass is 79.9. The first-order valence-corrected chi connectivity index (χ1v) is 16.0. The summed E-state index contributed by atoms with van der Waals surface area (Å²) in [6.45, 7) is 3.90. The SMILES string of the molecule is CC(C)CNC(=O)[C@@H](Cc1ccccc1)N(Cc1ccc(Br)cc1)C(=O)CN(c1cccc(Cl)c1Cl)S(C)(=O)=O. The Morgan fingerprint density at radius 3 is 2.17 bits per heavy atom. The quantitative estimate of drug-likeness (QED) is 0.259. The topological polar surface area (TPSA) is 86.8 Å². The van der Waals surface area contributed by atoms with E-state index in [-0.39, 0.29) is 40.5 Å². The van der Waals surface area contributed by atoms with Crippen LogP contribution in [0.1, 0.15) is 25.0 Å². The normalized spacial score (nSPS) is 12.2. The zero-order chi connectivity index (χ0) is 29.4. The minimum atomic E-state index is -3.95. The van der Waals surface area contributed by atoms with Gasteiger partial charge in [-0.2, -0.15) is 0 Å². The third-order valence-electron chi connectivity index (χ3n) is 6.10. The van der Waals surface area contributed by atoms with E-state index in [9.17, 15) is 18.0 Å². The number of nitrogens with one attached hydrogen (secondary N) is 1. The van der Waals surface area contributed by atoms with E-state index < -0.39 is 28.5 Å². The lowest BCUT2D eigenvalue weighted by Crippen LogP contribution is -2.53. The maximum atomic E-state index is 14.1. The van der Waals surface area contributed by atoms with Crippen molar-refractivity contribution in [2.45, 2.75) is 32.9 Å². The molecular weight excluding hydrogens is 637 g/mol. The Morgan fingerprint density at radius 2 is 1.57 bits per heavy atom. The molecule has 0 saturated carbocycles. The first-order valence-electron chi connectivity index (χ1n) is 12.6. The molecule has 7 nitrogen and oxygen atoms in total. The van der Waals surface area contributed by atoms with Gasteiger partial charge in [0.25, 0.3) is 0 Å². The first-order chi connectivity index (χ1) is 18.9. The number of hydrogen-bond donors (Lipinski definition) is 1. The average Bonchev–Trinajstić information content (AvgIpc) is 2.90. The van der Waals surface area contributed by atoms with Crippen LogP contribution in [0.4, 0.5) is 5.69 Å². The third kappa shape index (κ3) is 8.96. The highest BCUT2D eigenvalue weighted by molar-refractivity contribution is 9.10. The van der Waals surface area contributed by atoms with Gasteiger partial charge in [0.2, 0.25) is 21.8 Å². The molecule has 214 valence electrons. The van der Waals surface area contributed by atoms with E-state index in [2.05, 4.69) is 21.2 Å². The van der Waals surface area contributed by atoms with Gasteiger partial charge in [-0.3, -0.25) is 13.9 Å². The molecule has 3 rings (SSSR count). The molecule has 0 aliphatic carbocycles. The summed E-state index contributed by atoms with van der Waals surface area (Å²) in [5, 5.41) is 3.12. The molecule has 3 aromatic rings. The lowest BCUT2D eigenvalue weighted by Gasteiger charge is -2.34. The zero-order valence-electron chi connectivity index (χ0n) is 22.5. The Labute approximate surface area is 254 Å². The fourth-order valence-electron chi connectivity index (χ4n) is 4.04. The minimum Gasteiger partial charge on any atom is -0.354 e. The summed E-state index contributed by atoms with van der Waals surface area (Å²) in [4.78, 5) is 29.1. The molecule has 0 heterocycles. The summed E-state index contributed by atoms with van der Waals surface area (Å²) in [5.41, 5.74) is 1.72. The van der Waals surface area contributed by atoms with E-state index in [1.54, 1.807) is 6.07 Å². The van der Waals surface area contributed by atoms with Crippen LogP contribution in [0.2, 0.25) is 10.0 Å². The fraction of sp³-hybridized carbons (Fsp3) is 0.310. The molecule has 0 aromatic heterocycles. The van der Waals surface area contributed by atoms with Crippen LogP contribution < -0.4 is 9.62 Å². The van der Waals surface area contributed by atoms with Crippen molar-refractivity contribution in [2.24, 2.45) is 5.92 Å². The van der Waals surface area contributed by atoms with Gasteiger partial charge < -0.3 is 10.2 Å². The Balaban J connectivity index is 2.07. The highest BCUT2D eigenvalue weighted by Crippen LogP contribution is 2.34.